The maximum absolute atomic E-state index is 12.3. The van der Waals surface area contributed by atoms with Gasteiger partial charge in [-0.1, -0.05) is 41.6 Å². The summed E-state index contributed by atoms with van der Waals surface area (Å²) in [6.45, 7) is 2.33. The topological polar surface area (TPSA) is 63.6 Å². The van der Waals surface area contributed by atoms with Gasteiger partial charge in [-0.25, -0.2) is 0 Å². The van der Waals surface area contributed by atoms with Crippen LogP contribution >= 0.6 is 35.6 Å². The summed E-state index contributed by atoms with van der Waals surface area (Å²) < 4.78 is 7.74. The van der Waals surface area contributed by atoms with Crippen LogP contribution in [0.4, 0.5) is 5.69 Å². The molecule has 0 radical (unpaired) electrons. The monoisotopic (exact) mass is 463 g/mol. The number of anilines is 1. The van der Waals surface area contributed by atoms with Gasteiger partial charge in [0.05, 0.1) is 17.9 Å². The van der Waals surface area contributed by atoms with Gasteiger partial charge < -0.3 is 19.5 Å². The van der Waals surface area contributed by atoms with Crippen LogP contribution in [-0.4, -0.2) is 45.6 Å². The molecule has 0 saturated carbocycles. The Labute approximate surface area is 189 Å². The van der Waals surface area contributed by atoms with Crippen LogP contribution in [0.1, 0.15) is 18.0 Å². The summed E-state index contributed by atoms with van der Waals surface area (Å²) in [5.74, 6) is 1.33. The summed E-state index contributed by atoms with van der Waals surface area (Å²) in [5, 5.41) is 3.28. The fraction of sp³-hybridized carbons (Fsp3) is 0.381. The number of likely N-dealkylation sites (tertiary alicyclic amines) is 1. The number of hydrogen-bond acceptors (Lipinski definition) is 5. The van der Waals surface area contributed by atoms with Gasteiger partial charge in [0.2, 0.25) is 5.91 Å². The number of thioether (sulfide) groups is 1. The summed E-state index contributed by atoms with van der Waals surface area (Å²) in [4.78, 5) is 26.7. The molecular weight excluding hydrogens is 442 g/mol. The number of fused-ring (bicyclic) bond motifs is 4. The molecule has 2 bridgehead atoms. The predicted molar refractivity (Wildman–Crippen MR) is 125 cm³/mol. The van der Waals surface area contributed by atoms with E-state index in [2.05, 4.69) is 10.2 Å². The largest absolute Gasteiger partial charge is 0.495 e. The molecule has 3 heterocycles. The Morgan fingerprint density at radius 1 is 1.30 bits per heavy atom. The molecule has 30 heavy (non-hydrogen) atoms. The lowest BCUT2D eigenvalue weighted by Gasteiger charge is -2.43. The molecule has 0 aliphatic carbocycles. The van der Waals surface area contributed by atoms with E-state index in [9.17, 15) is 9.59 Å². The molecule has 2 atom stereocenters. The minimum absolute atomic E-state index is 0.0721. The van der Waals surface area contributed by atoms with Crippen molar-refractivity contribution >= 4 is 51.5 Å². The van der Waals surface area contributed by atoms with E-state index in [-0.39, 0.29) is 17.2 Å². The van der Waals surface area contributed by atoms with E-state index in [4.69, 9.17) is 28.6 Å². The SMILES string of the molecule is COc1ccc(NC(=O)CSC(=S)N2C[C@@H]3C[C@@H](C2)c2cccc(=O)n2C3)cc1Cl. The molecule has 1 aromatic heterocycles. The number of nitrogens with one attached hydrogen (secondary N) is 1. The van der Waals surface area contributed by atoms with Crippen LogP contribution < -0.4 is 15.6 Å². The van der Waals surface area contributed by atoms with Crippen LogP contribution in [-0.2, 0) is 11.3 Å². The summed E-state index contributed by atoms with van der Waals surface area (Å²) in [7, 11) is 1.54. The zero-order valence-electron chi connectivity index (χ0n) is 16.5. The van der Waals surface area contributed by atoms with Crippen molar-refractivity contribution in [2.24, 2.45) is 5.92 Å². The Hall–Kier alpha value is -2.03. The number of benzene rings is 1. The second kappa shape index (κ2) is 8.99. The average Bonchev–Trinajstić information content (AvgIpc) is 2.73. The molecule has 6 nitrogen and oxygen atoms in total. The van der Waals surface area contributed by atoms with Gasteiger partial charge in [-0.05, 0) is 36.6 Å². The van der Waals surface area contributed by atoms with Crippen LogP contribution in [0.15, 0.2) is 41.2 Å². The molecule has 0 unspecified atom stereocenters. The van der Waals surface area contributed by atoms with Gasteiger partial charge >= 0.3 is 0 Å². The molecule has 1 aromatic carbocycles. The molecule has 1 amide bonds. The minimum Gasteiger partial charge on any atom is -0.495 e. The second-order valence-corrected chi connectivity index (χ2v) is 9.57. The van der Waals surface area contributed by atoms with E-state index in [1.54, 1.807) is 31.4 Å². The number of methoxy groups -OCH3 is 1. The van der Waals surface area contributed by atoms with Gasteiger partial charge in [0.25, 0.3) is 5.56 Å². The van der Waals surface area contributed by atoms with E-state index >= 15 is 0 Å². The third-order valence-electron chi connectivity index (χ3n) is 5.50. The highest BCUT2D eigenvalue weighted by molar-refractivity contribution is 8.23. The standard InChI is InChI=1S/C21H22ClN3O3S2/c1-28-18-6-5-15(8-16(18)22)23-19(26)12-30-21(29)24-9-13-7-14(11-24)17-3-2-4-20(27)25(17)10-13/h2-6,8,13-14H,7,9-12H2,1H3,(H,23,26)/t13-,14-/m0/s1. The molecule has 158 valence electrons. The van der Waals surface area contributed by atoms with Crippen LogP contribution in [0.3, 0.4) is 0 Å². The van der Waals surface area contributed by atoms with Crippen LogP contribution in [0.5, 0.6) is 5.75 Å². The quantitative estimate of drug-likeness (QED) is 0.699. The number of ether oxygens (including phenoxy) is 1. The molecular formula is C21H22ClN3O3S2. The number of hydrogen-bond donors (Lipinski definition) is 1. The van der Waals surface area contributed by atoms with Crippen molar-refractivity contribution in [1.82, 2.24) is 9.47 Å². The average molecular weight is 464 g/mol. The Balaban J connectivity index is 1.33. The highest BCUT2D eigenvalue weighted by Gasteiger charge is 2.35. The van der Waals surface area contributed by atoms with Crippen molar-refractivity contribution in [1.29, 1.82) is 0 Å². The summed E-state index contributed by atoms with van der Waals surface area (Å²) in [6, 6.07) is 10.6. The maximum atomic E-state index is 12.3. The first-order valence-corrected chi connectivity index (χ1v) is 11.5. The fourth-order valence-corrected chi connectivity index (χ4v) is 5.45. The zero-order valence-corrected chi connectivity index (χ0v) is 18.9. The predicted octanol–water partition coefficient (Wildman–Crippen LogP) is 3.59. The number of carbonyl (C=O) groups excluding carboxylic acids is 1. The number of pyridine rings is 1. The normalized spacial score (nSPS) is 19.7. The Bertz CT molecular complexity index is 1040. The van der Waals surface area contributed by atoms with Crippen molar-refractivity contribution in [2.45, 2.75) is 18.9 Å². The summed E-state index contributed by atoms with van der Waals surface area (Å²) in [6.07, 6.45) is 1.08. The van der Waals surface area contributed by atoms with Crippen LogP contribution in [0.2, 0.25) is 5.02 Å². The first-order chi connectivity index (χ1) is 14.4. The molecule has 1 fully saturated rings. The number of halogens is 1. The van der Waals surface area contributed by atoms with E-state index in [0.29, 0.717) is 28.3 Å². The van der Waals surface area contributed by atoms with Gasteiger partial charge in [-0.15, -0.1) is 0 Å². The third-order valence-corrected chi connectivity index (χ3v) is 7.32. The van der Waals surface area contributed by atoms with Crippen molar-refractivity contribution in [2.75, 3.05) is 31.3 Å². The molecule has 2 aliphatic heterocycles. The highest BCUT2D eigenvalue weighted by atomic mass is 35.5. The van der Waals surface area contributed by atoms with Gasteiger partial charge in [0.15, 0.2) is 0 Å². The lowest BCUT2D eigenvalue weighted by Crippen LogP contribution is -2.48. The number of thiocarbonyl (C=S) groups is 1. The molecule has 1 N–H and O–H groups in total. The number of nitrogens with zero attached hydrogens (tertiary/aromatic N) is 2. The first kappa shape index (κ1) is 21.2. The Kier molecular flexibility index (Phi) is 6.36. The number of rotatable bonds is 4. The van der Waals surface area contributed by atoms with Gasteiger partial charge in [-0.3, -0.25) is 9.59 Å². The smallest absolute Gasteiger partial charge is 0.250 e. The van der Waals surface area contributed by atoms with Gasteiger partial charge in [-0.2, -0.15) is 0 Å². The number of carbonyl (C=O) groups is 1. The third kappa shape index (κ3) is 4.50. The Morgan fingerprint density at radius 3 is 2.90 bits per heavy atom. The minimum atomic E-state index is -0.141. The molecule has 1 saturated heterocycles. The number of piperidine rings is 1. The maximum Gasteiger partial charge on any atom is 0.250 e. The van der Waals surface area contributed by atoms with Crippen LogP contribution in [0, 0.1) is 5.92 Å². The van der Waals surface area contributed by atoms with Crippen molar-refractivity contribution in [3.63, 3.8) is 0 Å². The van der Waals surface area contributed by atoms with E-state index in [0.717, 1.165) is 36.1 Å². The van der Waals surface area contributed by atoms with E-state index in [1.165, 1.54) is 11.8 Å². The molecule has 9 heteroatoms. The molecule has 0 spiro atoms. The van der Waals surface area contributed by atoms with Gasteiger partial charge in [0, 0.05) is 43.0 Å². The van der Waals surface area contributed by atoms with E-state index < -0.39 is 0 Å². The number of aromatic nitrogens is 1. The lowest BCUT2D eigenvalue weighted by atomic mass is 9.83. The van der Waals surface area contributed by atoms with Crippen molar-refractivity contribution < 1.29 is 9.53 Å². The summed E-state index contributed by atoms with van der Waals surface area (Å²) in [5.41, 5.74) is 1.78. The fourth-order valence-electron chi connectivity index (χ4n) is 4.21. The molecule has 4 rings (SSSR count). The second-order valence-electron chi connectivity index (χ2n) is 7.56. The zero-order chi connectivity index (χ0) is 21.3. The van der Waals surface area contributed by atoms with Crippen LogP contribution in [0.25, 0.3) is 0 Å². The van der Waals surface area contributed by atoms with Crippen molar-refractivity contribution in [3.05, 3.63) is 57.5 Å². The van der Waals surface area contributed by atoms with Crippen molar-refractivity contribution in [3.8, 4) is 5.75 Å². The lowest BCUT2D eigenvalue weighted by molar-refractivity contribution is -0.113. The molecule has 2 aliphatic rings. The first-order valence-electron chi connectivity index (χ1n) is 9.69. The Morgan fingerprint density at radius 2 is 2.13 bits per heavy atom. The van der Waals surface area contributed by atoms with E-state index in [1.807, 2.05) is 16.7 Å². The number of amides is 1. The molecule has 2 aromatic rings. The highest BCUT2D eigenvalue weighted by Crippen LogP contribution is 2.36. The summed E-state index contributed by atoms with van der Waals surface area (Å²) >= 11 is 13.1. The van der Waals surface area contributed by atoms with Gasteiger partial charge in [0.1, 0.15) is 10.1 Å².